The summed E-state index contributed by atoms with van der Waals surface area (Å²) >= 11 is 0. The van der Waals surface area contributed by atoms with Crippen molar-refractivity contribution in [3.8, 4) is 0 Å². The van der Waals surface area contributed by atoms with Gasteiger partial charge in [-0.15, -0.1) is 0 Å². The third-order valence-corrected chi connectivity index (χ3v) is 3.48. The second-order valence-corrected chi connectivity index (χ2v) is 4.44. The molecule has 1 saturated carbocycles. The first-order valence-corrected chi connectivity index (χ1v) is 5.99. The molecular weight excluding hydrogens is 188 g/mol. The minimum atomic E-state index is -0.0569. The van der Waals surface area contributed by atoms with Crippen LogP contribution in [0.4, 0.5) is 0 Å². The van der Waals surface area contributed by atoms with E-state index in [2.05, 4.69) is 16.5 Å². The lowest BCUT2D eigenvalue weighted by molar-refractivity contribution is 0.125. The first-order valence-electron chi connectivity index (χ1n) is 5.99. The third-order valence-electron chi connectivity index (χ3n) is 3.48. The molecule has 0 aliphatic heterocycles. The molecule has 0 saturated heterocycles. The number of aliphatic hydroxyl groups is 1. The fraction of sp³-hybridized carbons (Fsp3) is 0.750. The number of hydrogen-bond acceptors (Lipinski definition) is 2. The normalized spacial score (nSPS) is 26.0. The van der Waals surface area contributed by atoms with Gasteiger partial charge in [0.1, 0.15) is 5.82 Å². The highest BCUT2D eigenvalue weighted by Crippen LogP contribution is 2.28. The molecule has 1 aliphatic rings. The van der Waals surface area contributed by atoms with Crippen molar-refractivity contribution in [2.75, 3.05) is 0 Å². The third kappa shape index (κ3) is 2.40. The maximum absolute atomic E-state index is 9.72. The number of aryl methyl sites for hydroxylation is 2. The van der Waals surface area contributed by atoms with E-state index in [-0.39, 0.29) is 6.10 Å². The number of imidazole rings is 1. The Kier molecular flexibility index (Phi) is 3.41. The van der Waals surface area contributed by atoms with E-state index in [0.29, 0.717) is 5.92 Å². The van der Waals surface area contributed by atoms with Crippen LogP contribution in [-0.4, -0.2) is 20.8 Å². The first kappa shape index (κ1) is 10.7. The molecule has 1 aliphatic carbocycles. The van der Waals surface area contributed by atoms with Crippen LogP contribution in [0.5, 0.6) is 0 Å². The lowest BCUT2D eigenvalue weighted by atomic mass is 10.0. The van der Waals surface area contributed by atoms with Crippen molar-refractivity contribution >= 4 is 0 Å². The van der Waals surface area contributed by atoms with Crippen LogP contribution in [0.1, 0.15) is 38.4 Å². The molecule has 3 heteroatoms. The molecule has 2 unspecified atom stereocenters. The second kappa shape index (κ2) is 4.79. The molecule has 0 spiro atoms. The van der Waals surface area contributed by atoms with Crippen molar-refractivity contribution in [2.24, 2.45) is 5.92 Å². The van der Waals surface area contributed by atoms with Crippen LogP contribution < -0.4 is 0 Å². The summed E-state index contributed by atoms with van der Waals surface area (Å²) in [5.41, 5.74) is 0. The van der Waals surface area contributed by atoms with Gasteiger partial charge in [-0.3, -0.25) is 0 Å². The van der Waals surface area contributed by atoms with Crippen LogP contribution in [0, 0.1) is 5.92 Å². The minimum absolute atomic E-state index is 0.0569. The summed E-state index contributed by atoms with van der Waals surface area (Å²) in [6.07, 6.45) is 9.30. The van der Waals surface area contributed by atoms with Gasteiger partial charge in [0.2, 0.25) is 0 Å². The fourth-order valence-corrected chi connectivity index (χ4v) is 2.52. The lowest BCUT2D eigenvalue weighted by Gasteiger charge is -2.15. The van der Waals surface area contributed by atoms with Gasteiger partial charge in [-0.25, -0.2) is 4.98 Å². The molecule has 1 aromatic rings. The summed E-state index contributed by atoms with van der Waals surface area (Å²) in [4.78, 5) is 4.30. The highest BCUT2D eigenvalue weighted by atomic mass is 16.3. The summed E-state index contributed by atoms with van der Waals surface area (Å²) in [5.74, 6) is 1.67. The van der Waals surface area contributed by atoms with Crippen LogP contribution in [0.25, 0.3) is 0 Å². The SMILES string of the molecule is CCc1nccn1CCC1CCCC1O. The van der Waals surface area contributed by atoms with E-state index in [9.17, 15) is 5.11 Å². The predicted octanol–water partition coefficient (Wildman–Crippen LogP) is 2.00. The summed E-state index contributed by atoms with van der Waals surface area (Å²) in [6, 6.07) is 0. The van der Waals surface area contributed by atoms with E-state index in [1.807, 2.05) is 12.4 Å². The van der Waals surface area contributed by atoms with E-state index in [0.717, 1.165) is 31.6 Å². The zero-order chi connectivity index (χ0) is 10.7. The fourth-order valence-electron chi connectivity index (χ4n) is 2.52. The number of aromatic nitrogens is 2. The van der Waals surface area contributed by atoms with Crippen LogP contribution >= 0.6 is 0 Å². The molecule has 1 aromatic heterocycles. The number of aliphatic hydroxyl groups excluding tert-OH is 1. The van der Waals surface area contributed by atoms with E-state index in [1.165, 1.54) is 12.8 Å². The zero-order valence-electron chi connectivity index (χ0n) is 9.39. The largest absolute Gasteiger partial charge is 0.393 e. The zero-order valence-corrected chi connectivity index (χ0v) is 9.39. The van der Waals surface area contributed by atoms with E-state index < -0.39 is 0 Å². The Labute approximate surface area is 91.1 Å². The molecule has 1 N–H and O–H groups in total. The summed E-state index contributed by atoms with van der Waals surface area (Å²) < 4.78 is 2.21. The molecule has 0 amide bonds. The minimum Gasteiger partial charge on any atom is -0.393 e. The van der Waals surface area contributed by atoms with Crippen molar-refractivity contribution in [2.45, 2.75) is 51.7 Å². The smallest absolute Gasteiger partial charge is 0.108 e. The van der Waals surface area contributed by atoms with Gasteiger partial charge >= 0.3 is 0 Å². The molecule has 2 atom stereocenters. The van der Waals surface area contributed by atoms with Crippen molar-refractivity contribution in [1.29, 1.82) is 0 Å². The maximum Gasteiger partial charge on any atom is 0.108 e. The highest BCUT2D eigenvalue weighted by molar-refractivity contribution is 4.92. The predicted molar refractivity (Wildman–Crippen MR) is 59.6 cm³/mol. The lowest BCUT2D eigenvalue weighted by Crippen LogP contribution is -2.16. The van der Waals surface area contributed by atoms with Crippen molar-refractivity contribution in [1.82, 2.24) is 9.55 Å². The van der Waals surface area contributed by atoms with Gasteiger partial charge < -0.3 is 9.67 Å². The van der Waals surface area contributed by atoms with E-state index in [4.69, 9.17) is 0 Å². The topological polar surface area (TPSA) is 38.0 Å². The Morgan fingerprint density at radius 3 is 3.07 bits per heavy atom. The van der Waals surface area contributed by atoms with E-state index >= 15 is 0 Å². The highest BCUT2D eigenvalue weighted by Gasteiger charge is 2.24. The van der Waals surface area contributed by atoms with Gasteiger partial charge in [-0.05, 0) is 25.2 Å². The first-order chi connectivity index (χ1) is 7.31. The van der Waals surface area contributed by atoms with Gasteiger partial charge in [0.25, 0.3) is 0 Å². The number of rotatable bonds is 4. The molecular formula is C12H20N2O. The number of hydrogen-bond donors (Lipinski definition) is 1. The molecule has 3 nitrogen and oxygen atoms in total. The van der Waals surface area contributed by atoms with Crippen molar-refractivity contribution in [3.05, 3.63) is 18.2 Å². The maximum atomic E-state index is 9.72. The van der Waals surface area contributed by atoms with Crippen molar-refractivity contribution in [3.63, 3.8) is 0 Å². The Balaban J connectivity index is 1.87. The standard InChI is InChI=1S/C12H20N2O/c1-2-12-13-7-9-14(12)8-6-10-4-3-5-11(10)15/h7,9-11,15H,2-6,8H2,1H3. The summed E-state index contributed by atoms with van der Waals surface area (Å²) in [5, 5.41) is 9.72. The van der Waals surface area contributed by atoms with Crippen LogP contribution in [0.2, 0.25) is 0 Å². The van der Waals surface area contributed by atoms with Gasteiger partial charge in [0, 0.05) is 25.4 Å². The van der Waals surface area contributed by atoms with Crippen LogP contribution in [0.3, 0.4) is 0 Å². The Morgan fingerprint density at radius 2 is 2.40 bits per heavy atom. The van der Waals surface area contributed by atoms with Crippen LogP contribution in [-0.2, 0) is 13.0 Å². The van der Waals surface area contributed by atoms with Gasteiger partial charge in [0.15, 0.2) is 0 Å². The quantitative estimate of drug-likeness (QED) is 0.821. The molecule has 84 valence electrons. The molecule has 15 heavy (non-hydrogen) atoms. The van der Waals surface area contributed by atoms with Gasteiger partial charge in [-0.1, -0.05) is 13.3 Å². The monoisotopic (exact) mass is 208 g/mol. The summed E-state index contributed by atoms with van der Waals surface area (Å²) in [6.45, 7) is 3.13. The molecule has 2 rings (SSSR count). The number of nitrogens with zero attached hydrogens (tertiary/aromatic N) is 2. The van der Waals surface area contributed by atoms with Gasteiger partial charge in [0.05, 0.1) is 6.10 Å². The van der Waals surface area contributed by atoms with Gasteiger partial charge in [-0.2, -0.15) is 0 Å². The second-order valence-electron chi connectivity index (χ2n) is 4.44. The average molecular weight is 208 g/mol. The summed E-state index contributed by atoms with van der Waals surface area (Å²) in [7, 11) is 0. The molecule has 1 fully saturated rings. The Bertz CT molecular complexity index is 308. The Morgan fingerprint density at radius 1 is 1.53 bits per heavy atom. The molecule has 0 bridgehead atoms. The van der Waals surface area contributed by atoms with E-state index in [1.54, 1.807) is 0 Å². The van der Waals surface area contributed by atoms with Crippen molar-refractivity contribution < 1.29 is 5.11 Å². The van der Waals surface area contributed by atoms with Crippen LogP contribution in [0.15, 0.2) is 12.4 Å². The Hall–Kier alpha value is -0.830. The molecule has 0 radical (unpaired) electrons. The molecule has 1 heterocycles. The average Bonchev–Trinajstić information content (AvgIpc) is 2.83. The molecule has 0 aromatic carbocycles.